The quantitative estimate of drug-likeness (QED) is 0.879. The van der Waals surface area contributed by atoms with E-state index in [4.69, 9.17) is 5.73 Å². The zero-order valence-corrected chi connectivity index (χ0v) is 12.0. The maximum Gasteiger partial charge on any atom is 0.0537 e. The van der Waals surface area contributed by atoms with Gasteiger partial charge in [-0.15, -0.1) is 0 Å². The lowest BCUT2D eigenvalue weighted by Crippen LogP contribution is -2.33. The van der Waals surface area contributed by atoms with E-state index in [0.29, 0.717) is 0 Å². The van der Waals surface area contributed by atoms with Gasteiger partial charge in [-0.25, -0.2) is 0 Å². The third-order valence-corrected chi connectivity index (χ3v) is 4.35. The van der Waals surface area contributed by atoms with Crippen LogP contribution in [0.4, 0.5) is 0 Å². The van der Waals surface area contributed by atoms with E-state index < -0.39 is 0 Å². The van der Waals surface area contributed by atoms with Crippen LogP contribution in [-0.2, 0) is 13.6 Å². The molecule has 3 rings (SSSR count). The second-order valence-corrected chi connectivity index (χ2v) is 6.13. The van der Waals surface area contributed by atoms with Gasteiger partial charge in [0.05, 0.1) is 6.20 Å². The monoisotopic (exact) mass is 276 g/mol. The van der Waals surface area contributed by atoms with Crippen LogP contribution in [0.2, 0.25) is 0 Å². The van der Waals surface area contributed by atoms with Crippen molar-refractivity contribution in [3.63, 3.8) is 0 Å². The molecule has 1 aliphatic rings. The third-order valence-electron chi connectivity index (χ3n) is 3.61. The molecule has 0 saturated heterocycles. The second kappa shape index (κ2) is 5.45. The van der Waals surface area contributed by atoms with Crippen LogP contribution in [0, 0.1) is 0 Å². The van der Waals surface area contributed by atoms with Crippen molar-refractivity contribution in [3.05, 3.63) is 40.3 Å². The normalized spacial score (nSPS) is 17.0. The van der Waals surface area contributed by atoms with Crippen LogP contribution in [0.3, 0.4) is 0 Å². The summed E-state index contributed by atoms with van der Waals surface area (Å²) >= 11 is 1.76. The van der Waals surface area contributed by atoms with Gasteiger partial charge in [0.25, 0.3) is 0 Å². The van der Waals surface area contributed by atoms with Crippen molar-refractivity contribution in [2.75, 3.05) is 6.54 Å². The predicted octanol–water partition coefficient (Wildman–Crippen LogP) is 2.15. The zero-order valence-electron chi connectivity index (χ0n) is 11.2. The van der Waals surface area contributed by atoms with Crippen LogP contribution in [0.25, 0.3) is 0 Å². The molecule has 102 valence electrons. The lowest BCUT2D eigenvalue weighted by Gasteiger charge is -2.24. The molecule has 0 spiro atoms. The van der Waals surface area contributed by atoms with Gasteiger partial charge in [-0.05, 0) is 35.2 Å². The highest BCUT2D eigenvalue weighted by molar-refractivity contribution is 7.07. The molecule has 2 heterocycles. The first kappa shape index (κ1) is 12.8. The first-order valence-electron chi connectivity index (χ1n) is 6.71. The molecule has 0 radical (unpaired) electrons. The van der Waals surface area contributed by atoms with Crippen LogP contribution in [-0.4, -0.2) is 27.3 Å². The molecule has 1 aliphatic carbocycles. The van der Waals surface area contributed by atoms with E-state index >= 15 is 0 Å². The molecule has 5 heteroatoms. The van der Waals surface area contributed by atoms with E-state index in [9.17, 15) is 0 Å². The molecule has 1 fully saturated rings. The van der Waals surface area contributed by atoms with E-state index in [1.54, 1.807) is 11.3 Å². The smallest absolute Gasteiger partial charge is 0.0537 e. The van der Waals surface area contributed by atoms with Crippen LogP contribution in [0.15, 0.2) is 29.2 Å². The van der Waals surface area contributed by atoms with Crippen molar-refractivity contribution in [3.8, 4) is 0 Å². The Kier molecular flexibility index (Phi) is 3.68. The molecule has 4 nitrogen and oxygen atoms in total. The highest BCUT2D eigenvalue weighted by Crippen LogP contribution is 2.30. The highest BCUT2D eigenvalue weighted by atomic mass is 32.1. The van der Waals surface area contributed by atoms with Crippen molar-refractivity contribution in [2.45, 2.75) is 31.5 Å². The summed E-state index contributed by atoms with van der Waals surface area (Å²) in [5.74, 6) is 0. The standard InChI is InChI=1S/C14H20N4S/c1-17-8-12(6-16-17)14(15)9-18(13-2-3-13)7-11-4-5-19-10-11/h4-6,8,10,13-14H,2-3,7,9,15H2,1H3. The number of hydrogen-bond acceptors (Lipinski definition) is 4. The molecule has 1 atom stereocenters. The van der Waals surface area contributed by atoms with Crippen molar-refractivity contribution >= 4 is 11.3 Å². The first-order chi connectivity index (χ1) is 9.22. The fourth-order valence-corrected chi connectivity index (χ4v) is 3.05. The van der Waals surface area contributed by atoms with Gasteiger partial charge in [0.1, 0.15) is 0 Å². The SMILES string of the molecule is Cn1cc(C(N)CN(Cc2ccsc2)C2CC2)cn1. The van der Waals surface area contributed by atoms with Crippen molar-refractivity contribution in [1.29, 1.82) is 0 Å². The van der Waals surface area contributed by atoms with Gasteiger partial charge in [0, 0.05) is 44.0 Å². The molecular weight excluding hydrogens is 256 g/mol. The van der Waals surface area contributed by atoms with Crippen LogP contribution in [0.1, 0.15) is 30.0 Å². The molecule has 2 N–H and O–H groups in total. The number of thiophene rings is 1. The van der Waals surface area contributed by atoms with E-state index in [0.717, 1.165) is 24.7 Å². The average Bonchev–Trinajstić information content (AvgIpc) is 2.94. The Balaban J connectivity index is 1.64. The summed E-state index contributed by atoms with van der Waals surface area (Å²) in [7, 11) is 1.93. The largest absolute Gasteiger partial charge is 0.323 e. The minimum Gasteiger partial charge on any atom is -0.323 e. The Morgan fingerprint density at radius 3 is 3.00 bits per heavy atom. The summed E-state index contributed by atoms with van der Waals surface area (Å²) in [4.78, 5) is 2.51. The molecule has 1 saturated carbocycles. The summed E-state index contributed by atoms with van der Waals surface area (Å²) in [6, 6.07) is 2.98. The molecule has 19 heavy (non-hydrogen) atoms. The zero-order chi connectivity index (χ0) is 13.2. The van der Waals surface area contributed by atoms with Gasteiger partial charge in [0.15, 0.2) is 0 Å². The minimum atomic E-state index is 0.0490. The van der Waals surface area contributed by atoms with Gasteiger partial charge >= 0.3 is 0 Å². The number of rotatable bonds is 6. The summed E-state index contributed by atoms with van der Waals surface area (Å²) < 4.78 is 1.82. The maximum absolute atomic E-state index is 6.31. The maximum atomic E-state index is 6.31. The fourth-order valence-electron chi connectivity index (χ4n) is 2.39. The van der Waals surface area contributed by atoms with E-state index in [1.165, 1.54) is 18.4 Å². The average molecular weight is 276 g/mol. The summed E-state index contributed by atoms with van der Waals surface area (Å²) in [6.07, 6.45) is 6.51. The van der Waals surface area contributed by atoms with Crippen LogP contribution in [0.5, 0.6) is 0 Å². The Morgan fingerprint density at radius 1 is 1.58 bits per heavy atom. The molecule has 2 aromatic heterocycles. The highest BCUT2D eigenvalue weighted by Gasteiger charge is 2.30. The van der Waals surface area contributed by atoms with Crippen LogP contribution >= 0.6 is 11.3 Å². The van der Waals surface area contributed by atoms with E-state index in [1.807, 2.05) is 24.1 Å². The Hall–Kier alpha value is -1.17. The van der Waals surface area contributed by atoms with Crippen molar-refractivity contribution in [2.24, 2.45) is 12.8 Å². The molecule has 0 aromatic carbocycles. The Bertz CT molecular complexity index is 515. The van der Waals surface area contributed by atoms with Gasteiger partial charge in [-0.2, -0.15) is 16.4 Å². The van der Waals surface area contributed by atoms with Crippen LogP contribution < -0.4 is 5.73 Å². The molecule has 0 amide bonds. The molecular formula is C14H20N4S. The van der Waals surface area contributed by atoms with Gasteiger partial charge in [-0.1, -0.05) is 0 Å². The third kappa shape index (κ3) is 3.23. The molecule has 2 aromatic rings. The minimum absolute atomic E-state index is 0.0490. The lowest BCUT2D eigenvalue weighted by molar-refractivity contribution is 0.239. The lowest BCUT2D eigenvalue weighted by atomic mass is 10.1. The van der Waals surface area contributed by atoms with Gasteiger partial charge in [0.2, 0.25) is 0 Å². The summed E-state index contributed by atoms with van der Waals surface area (Å²) in [5, 5.41) is 8.57. The number of aromatic nitrogens is 2. The van der Waals surface area contributed by atoms with E-state index in [-0.39, 0.29) is 6.04 Å². The summed E-state index contributed by atoms with van der Waals surface area (Å²) in [5.41, 5.74) is 8.83. The molecule has 0 aliphatic heterocycles. The second-order valence-electron chi connectivity index (χ2n) is 5.35. The van der Waals surface area contributed by atoms with Gasteiger partial charge < -0.3 is 5.73 Å². The Labute approximate surface area is 117 Å². The number of hydrogen-bond donors (Lipinski definition) is 1. The topological polar surface area (TPSA) is 47.1 Å². The number of nitrogens with zero attached hydrogens (tertiary/aromatic N) is 3. The van der Waals surface area contributed by atoms with Gasteiger partial charge in [-0.3, -0.25) is 9.58 Å². The fraction of sp³-hybridized carbons (Fsp3) is 0.500. The van der Waals surface area contributed by atoms with Crippen molar-refractivity contribution < 1.29 is 0 Å². The first-order valence-corrected chi connectivity index (χ1v) is 7.66. The number of aryl methyl sites for hydroxylation is 1. The molecule has 1 unspecified atom stereocenters. The van der Waals surface area contributed by atoms with Crippen molar-refractivity contribution in [1.82, 2.24) is 14.7 Å². The van der Waals surface area contributed by atoms with E-state index in [2.05, 4.69) is 26.8 Å². The molecule has 0 bridgehead atoms. The predicted molar refractivity (Wildman–Crippen MR) is 77.9 cm³/mol. The summed E-state index contributed by atoms with van der Waals surface area (Å²) in [6.45, 7) is 1.92. The number of nitrogens with two attached hydrogens (primary N) is 1. The Morgan fingerprint density at radius 2 is 2.42 bits per heavy atom.